The second kappa shape index (κ2) is 7.43. The van der Waals surface area contributed by atoms with Crippen LogP contribution in [-0.2, 0) is 4.84 Å². The number of carbonyl (C=O) groups is 2. The van der Waals surface area contributed by atoms with Crippen LogP contribution >= 0.6 is 23.9 Å². The fourth-order valence-electron chi connectivity index (χ4n) is 0.592. The molecule has 0 unspecified atom stereocenters. The summed E-state index contributed by atoms with van der Waals surface area (Å²) in [4.78, 5) is 25.4. The Morgan fingerprint density at radius 3 is 2.11 bits per heavy atom. The first kappa shape index (κ1) is 17.8. The third-order valence-corrected chi connectivity index (χ3v) is 2.87. The second-order valence-corrected chi connectivity index (χ2v) is 4.84. The Bertz CT molecular complexity index is 377. The molecule has 0 fully saturated rings. The first-order chi connectivity index (χ1) is 8.59. The summed E-state index contributed by atoms with van der Waals surface area (Å²) in [5, 5.41) is 1.29. The molecule has 0 radical (unpaired) electrons. The van der Waals surface area contributed by atoms with E-state index in [0.717, 1.165) is 20.4 Å². The summed E-state index contributed by atoms with van der Waals surface area (Å²) in [6.07, 6.45) is -6.77. The van der Waals surface area contributed by atoms with Crippen LogP contribution in [0.2, 0.25) is 0 Å². The van der Waals surface area contributed by atoms with E-state index in [0.29, 0.717) is 20.7 Å². The lowest BCUT2D eigenvalue weighted by molar-refractivity contribution is -0.0575. The smallest absolute Gasteiger partial charge is 0.296 e. The Balaban J connectivity index is 4.53. The minimum atomic E-state index is -4.74. The molecule has 0 aliphatic carbocycles. The van der Waals surface area contributed by atoms with E-state index in [1.165, 1.54) is 0 Å². The highest BCUT2D eigenvalue weighted by Crippen LogP contribution is 2.24. The quantitative estimate of drug-likeness (QED) is 0.117. The molecular weight excluding hydrogens is 314 g/mol. The van der Waals surface area contributed by atoms with Crippen LogP contribution in [0.3, 0.4) is 0 Å². The van der Waals surface area contributed by atoms with E-state index in [1.807, 2.05) is 0 Å². The predicted octanol–water partition coefficient (Wildman–Crippen LogP) is 2.88. The van der Waals surface area contributed by atoms with Crippen molar-refractivity contribution in [2.75, 3.05) is 20.4 Å². The molecular formula is C7H9F4N3O3S2. The van der Waals surface area contributed by atoms with Gasteiger partial charge in [-0.15, -0.1) is 16.2 Å². The molecule has 0 aliphatic heterocycles. The van der Waals surface area contributed by atoms with Crippen LogP contribution in [0.15, 0.2) is 5.16 Å². The lowest BCUT2D eigenvalue weighted by atomic mass is 10.7. The number of halogens is 4. The second-order valence-electron chi connectivity index (χ2n) is 2.79. The van der Waals surface area contributed by atoms with Crippen LogP contribution < -0.4 is 0 Å². The maximum absolute atomic E-state index is 12.2. The van der Waals surface area contributed by atoms with E-state index >= 15 is 0 Å². The van der Waals surface area contributed by atoms with E-state index in [9.17, 15) is 27.2 Å². The molecule has 0 saturated carbocycles. The third-order valence-electron chi connectivity index (χ3n) is 1.39. The van der Waals surface area contributed by atoms with Crippen molar-refractivity contribution in [3.63, 3.8) is 0 Å². The number of thioether (sulfide) groups is 1. The number of carbonyl (C=O) groups excluding carboxylic acids is 2. The number of hydrogen-bond donors (Lipinski definition) is 0. The molecule has 19 heavy (non-hydrogen) atoms. The average molecular weight is 323 g/mol. The molecule has 0 heterocycles. The lowest BCUT2D eigenvalue weighted by Gasteiger charge is -2.17. The van der Waals surface area contributed by atoms with Crippen molar-refractivity contribution in [1.82, 2.24) is 8.61 Å². The van der Waals surface area contributed by atoms with Crippen LogP contribution in [0.5, 0.6) is 0 Å². The molecule has 0 bridgehead atoms. The predicted molar refractivity (Wildman–Crippen MR) is 63.1 cm³/mol. The largest absolute Gasteiger partial charge is 0.447 e. The van der Waals surface area contributed by atoms with Gasteiger partial charge in [0.05, 0.1) is 12.1 Å². The van der Waals surface area contributed by atoms with Gasteiger partial charge < -0.3 is 0 Å². The summed E-state index contributed by atoms with van der Waals surface area (Å²) >= 11 is 0.540. The van der Waals surface area contributed by atoms with Crippen LogP contribution in [0.4, 0.5) is 27.2 Å². The number of hydrogen-bond acceptors (Lipinski definition) is 6. The number of amides is 2. The van der Waals surface area contributed by atoms with Gasteiger partial charge in [0.1, 0.15) is 0 Å². The molecule has 0 aliphatic rings. The summed E-state index contributed by atoms with van der Waals surface area (Å²) in [5.74, 6) is 0. The van der Waals surface area contributed by atoms with E-state index < -0.39 is 23.5 Å². The van der Waals surface area contributed by atoms with Gasteiger partial charge in [0.2, 0.25) is 5.04 Å². The van der Waals surface area contributed by atoms with E-state index in [-0.39, 0.29) is 11.8 Å². The zero-order valence-electron chi connectivity index (χ0n) is 9.89. The van der Waals surface area contributed by atoms with Crippen LogP contribution in [-0.4, -0.2) is 52.4 Å². The zero-order chi connectivity index (χ0) is 15.2. The van der Waals surface area contributed by atoms with Crippen molar-refractivity contribution >= 4 is 41.2 Å². The van der Waals surface area contributed by atoms with Gasteiger partial charge >= 0.3 is 18.4 Å². The first-order valence-electron chi connectivity index (χ1n) is 4.34. The molecule has 0 saturated heterocycles. The van der Waals surface area contributed by atoms with Crippen molar-refractivity contribution in [2.45, 2.75) is 6.18 Å². The molecule has 2 amide bonds. The van der Waals surface area contributed by atoms with Crippen LogP contribution in [0.1, 0.15) is 0 Å². The summed E-state index contributed by atoms with van der Waals surface area (Å²) in [6.45, 7) is 0. The van der Waals surface area contributed by atoms with Gasteiger partial charge in [-0.2, -0.15) is 13.2 Å². The number of oxime groups is 1. The highest BCUT2D eigenvalue weighted by atomic mass is 32.2. The summed E-state index contributed by atoms with van der Waals surface area (Å²) in [6, 6.07) is 0. The summed E-state index contributed by atoms with van der Waals surface area (Å²) < 4.78 is 49.8. The lowest BCUT2D eigenvalue weighted by Crippen LogP contribution is -2.27. The van der Waals surface area contributed by atoms with Gasteiger partial charge in [0.15, 0.2) is 0 Å². The van der Waals surface area contributed by atoms with Crippen molar-refractivity contribution in [3.05, 3.63) is 0 Å². The molecule has 0 aromatic carbocycles. The van der Waals surface area contributed by atoms with Gasteiger partial charge in [-0.25, -0.2) is 18.2 Å². The minimum absolute atomic E-state index is 0.247. The zero-order valence-corrected chi connectivity index (χ0v) is 11.5. The van der Waals surface area contributed by atoms with Gasteiger partial charge in [-0.1, -0.05) is 5.16 Å². The molecule has 0 atom stereocenters. The Morgan fingerprint density at radius 1 is 1.21 bits per heavy atom. The molecule has 0 N–H and O–H groups in total. The van der Waals surface area contributed by atoms with Crippen molar-refractivity contribution in [2.24, 2.45) is 5.16 Å². The maximum Gasteiger partial charge on any atom is 0.447 e. The molecule has 110 valence electrons. The number of rotatable bonds is 3. The molecule has 0 spiro atoms. The summed E-state index contributed by atoms with van der Waals surface area (Å²) in [7, 11) is 2.08. The Kier molecular flexibility index (Phi) is 6.97. The monoisotopic (exact) mass is 323 g/mol. The van der Waals surface area contributed by atoms with Gasteiger partial charge in [0, 0.05) is 14.1 Å². The SMILES string of the molecule is CSC(=NOC(=O)N(C)SN(C)C(=O)F)C(F)(F)F. The van der Waals surface area contributed by atoms with Crippen molar-refractivity contribution < 1.29 is 32.0 Å². The van der Waals surface area contributed by atoms with Crippen molar-refractivity contribution in [1.29, 1.82) is 0 Å². The molecule has 0 aromatic heterocycles. The maximum atomic E-state index is 12.2. The third kappa shape index (κ3) is 6.52. The van der Waals surface area contributed by atoms with E-state index in [4.69, 9.17) is 0 Å². The summed E-state index contributed by atoms with van der Waals surface area (Å²) in [5.41, 5.74) is 0. The van der Waals surface area contributed by atoms with E-state index in [1.54, 1.807) is 0 Å². The van der Waals surface area contributed by atoms with Gasteiger partial charge in [0.25, 0.3) is 0 Å². The van der Waals surface area contributed by atoms with Crippen LogP contribution in [0, 0.1) is 0 Å². The Morgan fingerprint density at radius 2 is 1.74 bits per heavy atom. The Hall–Kier alpha value is -1.17. The molecule has 0 aromatic rings. The van der Waals surface area contributed by atoms with Gasteiger partial charge in [-0.3, -0.25) is 4.84 Å². The average Bonchev–Trinajstić information content (AvgIpc) is 2.27. The van der Waals surface area contributed by atoms with E-state index in [2.05, 4.69) is 9.99 Å². The highest BCUT2D eigenvalue weighted by molar-refractivity contribution is 8.13. The normalized spacial score (nSPS) is 12.1. The first-order valence-corrected chi connectivity index (χ1v) is 6.30. The standard InChI is InChI=1S/C7H9F4N3O3S2/c1-13(5(8)15)19-14(2)6(16)17-12-4(18-3)7(9,10)11/h1-3H3. The molecule has 6 nitrogen and oxygen atoms in total. The van der Waals surface area contributed by atoms with Crippen molar-refractivity contribution in [3.8, 4) is 0 Å². The Labute approximate surface area is 114 Å². The fraction of sp³-hybridized carbons (Fsp3) is 0.571. The van der Waals surface area contributed by atoms with Crippen LogP contribution in [0.25, 0.3) is 0 Å². The molecule has 0 rings (SSSR count). The minimum Gasteiger partial charge on any atom is -0.296 e. The highest BCUT2D eigenvalue weighted by Gasteiger charge is 2.36. The topological polar surface area (TPSA) is 62.2 Å². The van der Waals surface area contributed by atoms with Gasteiger partial charge in [-0.05, 0) is 6.26 Å². The number of nitrogens with zero attached hydrogens (tertiary/aromatic N) is 3. The fourth-order valence-corrected chi connectivity index (χ4v) is 1.47. The number of alkyl halides is 3. The molecule has 12 heteroatoms.